The molecule has 5 nitrogen and oxygen atoms in total. The molecule has 0 bridgehead atoms. The number of benzene rings is 1. The number of hydrogen-bond acceptors (Lipinski definition) is 4. The van der Waals surface area contributed by atoms with Crippen LogP contribution in [-0.2, 0) is 6.18 Å². The van der Waals surface area contributed by atoms with E-state index in [1.54, 1.807) is 0 Å². The van der Waals surface area contributed by atoms with Crippen molar-refractivity contribution < 1.29 is 18.1 Å². The first kappa shape index (κ1) is 16.3. The Morgan fingerprint density at radius 1 is 1.30 bits per heavy atom. The van der Waals surface area contributed by atoms with Crippen molar-refractivity contribution in [1.29, 1.82) is 0 Å². The molecule has 0 unspecified atom stereocenters. The third-order valence-electron chi connectivity index (χ3n) is 4.23. The van der Waals surface area contributed by atoms with Crippen LogP contribution in [0.4, 0.5) is 24.5 Å². The van der Waals surface area contributed by atoms with Crippen molar-refractivity contribution in [3.05, 3.63) is 32.8 Å². The molecule has 1 aromatic rings. The fourth-order valence-corrected chi connectivity index (χ4v) is 3.21. The molecule has 1 saturated carbocycles. The van der Waals surface area contributed by atoms with Crippen LogP contribution >= 0.6 is 11.6 Å². The molecule has 1 saturated heterocycles. The van der Waals surface area contributed by atoms with Gasteiger partial charge >= 0.3 is 6.18 Å². The molecule has 0 amide bonds. The van der Waals surface area contributed by atoms with Crippen molar-refractivity contribution in [2.45, 2.75) is 37.5 Å². The second-order valence-electron chi connectivity index (χ2n) is 5.96. The molecule has 1 aromatic carbocycles. The second-order valence-corrected chi connectivity index (χ2v) is 6.37. The van der Waals surface area contributed by atoms with E-state index in [-0.39, 0.29) is 11.7 Å². The largest absolute Gasteiger partial charge is 0.418 e. The molecule has 1 N–H and O–H groups in total. The van der Waals surface area contributed by atoms with Crippen molar-refractivity contribution in [3.63, 3.8) is 0 Å². The van der Waals surface area contributed by atoms with Gasteiger partial charge in [0.1, 0.15) is 5.69 Å². The molecular formula is C14H15ClF3N3O2. The lowest BCUT2D eigenvalue weighted by Gasteiger charge is -2.18. The van der Waals surface area contributed by atoms with Crippen molar-refractivity contribution in [1.82, 2.24) is 4.90 Å². The van der Waals surface area contributed by atoms with Gasteiger partial charge in [-0.1, -0.05) is 11.6 Å². The summed E-state index contributed by atoms with van der Waals surface area (Å²) in [6.07, 6.45) is -1.60. The first-order valence-electron chi connectivity index (χ1n) is 7.31. The zero-order chi connectivity index (χ0) is 16.8. The summed E-state index contributed by atoms with van der Waals surface area (Å²) in [6.45, 7) is 1.63. The minimum Gasteiger partial charge on any atom is -0.375 e. The molecule has 126 valence electrons. The van der Waals surface area contributed by atoms with Crippen LogP contribution in [0.2, 0.25) is 5.02 Å². The summed E-state index contributed by atoms with van der Waals surface area (Å²) in [5, 5.41) is 13.6. The summed E-state index contributed by atoms with van der Waals surface area (Å²) in [5.74, 6) is 0. The summed E-state index contributed by atoms with van der Waals surface area (Å²) in [5.41, 5.74) is -1.76. The predicted molar refractivity (Wildman–Crippen MR) is 79.7 cm³/mol. The molecule has 0 aromatic heterocycles. The maximum Gasteiger partial charge on any atom is 0.418 e. The van der Waals surface area contributed by atoms with Crippen LogP contribution in [0.5, 0.6) is 0 Å². The number of hydrogen-bond donors (Lipinski definition) is 1. The van der Waals surface area contributed by atoms with Crippen LogP contribution in [0.15, 0.2) is 12.1 Å². The van der Waals surface area contributed by atoms with Crippen LogP contribution in [-0.4, -0.2) is 35.0 Å². The fraction of sp³-hybridized carbons (Fsp3) is 0.571. The minimum atomic E-state index is -4.73. The summed E-state index contributed by atoms with van der Waals surface area (Å²) < 4.78 is 38.5. The Kier molecular flexibility index (Phi) is 4.14. The van der Waals surface area contributed by atoms with Crippen molar-refractivity contribution in [2.24, 2.45) is 0 Å². The fourth-order valence-electron chi connectivity index (χ4n) is 2.94. The molecule has 1 aliphatic carbocycles. The lowest BCUT2D eigenvalue weighted by molar-refractivity contribution is -0.384. The van der Waals surface area contributed by atoms with Gasteiger partial charge in [0.25, 0.3) is 5.69 Å². The van der Waals surface area contributed by atoms with E-state index in [9.17, 15) is 23.3 Å². The zero-order valence-corrected chi connectivity index (χ0v) is 12.8. The zero-order valence-electron chi connectivity index (χ0n) is 12.1. The number of nitrogens with one attached hydrogen (secondary N) is 1. The monoisotopic (exact) mass is 349 g/mol. The number of nitro groups is 1. The summed E-state index contributed by atoms with van der Waals surface area (Å²) in [4.78, 5) is 12.6. The molecule has 2 aliphatic rings. The Hall–Kier alpha value is -1.54. The van der Waals surface area contributed by atoms with E-state index in [1.807, 2.05) is 0 Å². The van der Waals surface area contributed by atoms with Gasteiger partial charge in [-0.15, -0.1) is 0 Å². The Morgan fingerprint density at radius 2 is 2.00 bits per heavy atom. The number of likely N-dealkylation sites (tertiary alicyclic amines) is 1. The predicted octanol–water partition coefficient (Wildman–Crippen LogP) is 3.92. The first-order valence-corrected chi connectivity index (χ1v) is 7.69. The van der Waals surface area contributed by atoms with Gasteiger partial charge in [0.05, 0.1) is 15.5 Å². The Labute approximate surface area is 135 Å². The highest BCUT2D eigenvalue weighted by atomic mass is 35.5. The van der Waals surface area contributed by atoms with Crippen LogP contribution < -0.4 is 5.32 Å². The number of anilines is 1. The number of nitro benzene ring substituents is 1. The smallest absolute Gasteiger partial charge is 0.375 e. The van der Waals surface area contributed by atoms with Crippen LogP contribution in [0.3, 0.4) is 0 Å². The topological polar surface area (TPSA) is 58.4 Å². The van der Waals surface area contributed by atoms with Crippen LogP contribution in [0, 0.1) is 10.1 Å². The van der Waals surface area contributed by atoms with E-state index in [0.29, 0.717) is 12.1 Å². The SMILES string of the molecule is O=[N+]([O-])c1cc(C(F)(F)F)c(Cl)cc1N[C@@H]1CCN(C2CC2)C1. The maximum absolute atomic E-state index is 12.8. The molecule has 0 spiro atoms. The van der Waals surface area contributed by atoms with Crippen LogP contribution in [0.1, 0.15) is 24.8 Å². The second kappa shape index (κ2) is 5.83. The highest BCUT2D eigenvalue weighted by molar-refractivity contribution is 6.31. The molecular weight excluding hydrogens is 335 g/mol. The summed E-state index contributed by atoms with van der Waals surface area (Å²) in [7, 11) is 0. The van der Waals surface area contributed by atoms with Crippen LogP contribution in [0.25, 0.3) is 0 Å². The number of alkyl halides is 3. The summed E-state index contributed by atoms with van der Waals surface area (Å²) >= 11 is 5.67. The Morgan fingerprint density at radius 3 is 2.57 bits per heavy atom. The quantitative estimate of drug-likeness (QED) is 0.661. The van der Waals surface area contributed by atoms with Crippen molar-refractivity contribution in [2.75, 3.05) is 18.4 Å². The van der Waals surface area contributed by atoms with E-state index in [0.717, 1.165) is 25.6 Å². The third kappa shape index (κ3) is 3.53. The normalized spacial score (nSPS) is 22.3. The van der Waals surface area contributed by atoms with Crippen molar-refractivity contribution >= 4 is 23.0 Å². The molecule has 9 heteroatoms. The maximum atomic E-state index is 12.8. The van der Waals surface area contributed by atoms with Gasteiger partial charge in [0.15, 0.2) is 0 Å². The van der Waals surface area contributed by atoms with E-state index < -0.39 is 27.4 Å². The first-order chi connectivity index (χ1) is 10.8. The van der Waals surface area contributed by atoms with Gasteiger partial charge in [0, 0.05) is 31.2 Å². The molecule has 1 atom stereocenters. The van der Waals surface area contributed by atoms with Gasteiger partial charge in [0.2, 0.25) is 0 Å². The molecule has 3 rings (SSSR count). The van der Waals surface area contributed by atoms with Gasteiger partial charge in [-0.05, 0) is 25.3 Å². The highest BCUT2D eigenvalue weighted by Gasteiger charge is 2.38. The average Bonchev–Trinajstić information content (AvgIpc) is 3.18. The van der Waals surface area contributed by atoms with E-state index in [1.165, 1.54) is 12.8 Å². The number of rotatable bonds is 4. The molecule has 1 aliphatic heterocycles. The highest BCUT2D eigenvalue weighted by Crippen LogP contribution is 2.41. The molecule has 23 heavy (non-hydrogen) atoms. The number of halogens is 4. The van der Waals surface area contributed by atoms with Gasteiger partial charge < -0.3 is 5.32 Å². The molecule has 0 radical (unpaired) electrons. The van der Waals surface area contributed by atoms with E-state index in [2.05, 4.69) is 10.2 Å². The van der Waals surface area contributed by atoms with Gasteiger partial charge in [-0.2, -0.15) is 13.2 Å². The Balaban J connectivity index is 1.83. The Bertz CT molecular complexity index is 634. The van der Waals surface area contributed by atoms with Gasteiger partial charge in [-0.25, -0.2) is 0 Å². The van der Waals surface area contributed by atoms with E-state index in [4.69, 9.17) is 11.6 Å². The average molecular weight is 350 g/mol. The lowest BCUT2D eigenvalue weighted by atomic mass is 10.1. The standard InChI is InChI=1S/C14H15ClF3N3O2/c15-11-6-12(13(21(22)23)5-10(11)14(16,17)18)19-8-3-4-20(7-8)9-1-2-9/h5-6,8-9,19H,1-4,7H2/t8-/m1/s1. The lowest BCUT2D eigenvalue weighted by Crippen LogP contribution is -2.28. The van der Waals surface area contributed by atoms with Gasteiger partial charge in [-0.3, -0.25) is 15.0 Å². The minimum absolute atomic E-state index is 0.0258. The number of nitrogens with zero attached hydrogens (tertiary/aromatic N) is 2. The summed E-state index contributed by atoms with van der Waals surface area (Å²) in [6, 6.07) is 2.07. The molecule has 2 fully saturated rings. The third-order valence-corrected chi connectivity index (χ3v) is 4.54. The van der Waals surface area contributed by atoms with E-state index >= 15 is 0 Å². The molecule has 1 heterocycles. The van der Waals surface area contributed by atoms with Crippen molar-refractivity contribution in [3.8, 4) is 0 Å².